The van der Waals surface area contributed by atoms with Gasteiger partial charge in [-0.25, -0.2) is 19.3 Å². The zero-order valence-electron chi connectivity index (χ0n) is 49.7. The van der Waals surface area contributed by atoms with Crippen LogP contribution in [0.15, 0.2) is 193 Å². The molecule has 9 N–H and O–H groups in total. The molecular formula is C67H54FN19O3S3. The molecule has 26 heteroatoms. The van der Waals surface area contributed by atoms with Gasteiger partial charge in [0, 0.05) is 57.7 Å². The van der Waals surface area contributed by atoms with E-state index in [1.165, 1.54) is 12.1 Å². The first-order chi connectivity index (χ1) is 45.7. The fourth-order valence-electron chi connectivity index (χ4n) is 9.87. The highest BCUT2D eigenvalue weighted by Crippen LogP contribution is 2.35. The molecule has 93 heavy (non-hydrogen) atoms. The average molecular weight is 1290 g/mol. The Labute approximate surface area is 540 Å². The summed E-state index contributed by atoms with van der Waals surface area (Å²) in [6.45, 7) is 3.01. The van der Waals surface area contributed by atoms with Crippen LogP contribution in [0.5, 0.6) is 23.0 Å². The number of ether oxygens (including phenoxy) is 3. The molecule has 0 aliphatic rings. The molecule has 0 saturated carbocycles. The van der Waals surface area contributed by atoms with Crippen LogP contribution in [-0.2, 0) is 13.1 Å². The normalized spacial score (nSPS) is 11.1. The second kappa shape index (κ2) is 26.7. The fraction of sp³-hybridized carbons (Fsp3) is 0.0746. The third-order valence-corrected chi connectivity index (χ3v) is 17.2. The summed E-state index contributed by atoms with van der Waals surface area (Å²) < 4.78 is 32.6. The van der Waals surface area contributed by atoms with E-state index in [2.05, 4.69) is 87.4 Å². The Morgan fingerprint density at radius 1 is 0.419 bits per heavy atom. The Balaban J connectivity index is 0.000000121. The van der Waals surface area contributed by atoms with Crippen LogP contribution in [0.25, 0.3) is 63.4 Å². The number of nitrogens with zero attached hydrogens (tertiary/aromatic N) is 10. The van der Waals surface area contributed by atoms with Crippen molar-refractivity contribution >= 4 is 155 Å². The van der Waals surface area contributed by atoms with Gasteiger partial charge < -0.3 is 46.1 Å². The highest BCUT2D eigenvalue weighted by atomic mass is 32.1. The number of pyridine rings is 1. The summed E-state index contributed by atoms with van der Waals surface area (Å²) in [6.07, 6.45) is 7.11. The van der Waals surface area contributed by atoms with Gasteiger partial charge in [0.2, 0.25) is 17.8 Å². The lowest BCUT2D eigenvalue weighted by Gasteiger charge is -2.12. The fourth-order valence-corrected chi connectivity index (χ4v) is 12.2. The minimum absolute atomic E-state index is 0.249. The van der Waals surface area contributed by atoms with E-state index in [0.717, 1.165) is 126 Å². The topological polar surface area (TPSA) is 276 Å². The lowest BCUT2D eigenvalue weighted by atomic mass is 10.2. The first-order valence-corrected chi connectivity index (χ1v) is 31.6. The predicted molar refractivity (Wildman–Crippen MR) is 370 cm³/mol. The van der Waals surface area contributed by atoms with E-state index in [1.807, 2.05) is 150 Å². The highest BCUT2D eigenvalue weighted by molar-refractivity contribution is 7.18. The number of benzene rings is 6. The summed E-state index contributed by atoms with van der Waals surface area (Å²) in [6, 6.07) is 47.6. The van der Waals surface area contributed by atoms with E-state index in [1.54, 1.807) is 85.2 Å². The van der Waals surface area contributed by atoms with E-state index >= 15 is 0 Å². The maximum absolute atomic E-state index is 13.1. The molecular weight excluding hydrogens is 1230 g/mol. The molecule has 0 radical (unpaired) electrons. The van der Waals surface area contributed by atoms with Crippen molar-refractivity contribution in [2.75, 3.05) is 46.1 Å². The third kappa shape index (κ3) is 13.8. The van der Waals surface area contributed by atoms with E-state index in [-0.39, 0.29) is 5.82 Å². The molecule has 10 heterocycles. The molecule has 6 aromatic carbocycles. The average Bonchev–Trinajstić information content (AvgIpc) is 2.11. The molecule has 16 rings (SSSR count). The van der Waals surface area contributed by atoms with Gasteiger partial charge in [0.25, 0.3) is 0 Å². The summed E-state index contributed by atoms with van der Waals surface area (Å²) in [5, 5.41) is 50.3. The minimum Gasteiger partial charge on any atom is -0.493 e. The SMILES string of the molecule is COc1ccc(CNc2nc(Nc3ccc4[nH]ncc4c3)c3sccc3n2)cc1OC.Cc1ccc(Oc2ccc(Nc3nc(Nc4ccc5[nH]ncc5c4)c4sccc4n3)cc2)cn1.Fc1ccc(CNc2nc(Nc3ccc4[nH]ncc4c3)c3sccc3n2)cc1. The number of aromatic amines is 3. The summed E-state index contributed by atoms with van der Waals surface area (Å²) in [5.74, 6) is 6.38. The van der Waals surface area contributed by atoms with Gasteiger partial charge in [-0.3, -0.25) is 20.3 Å². The molecule has 16 aromatic rings. The molecule has 0 atom stereocenters. The van der Waals surface area contributed by atoms with Crippen LogP contribution in [0.3, 0.4) is 0 Å². The standard InChI is InChI=1S/C25H19N7OS.C22H20N6O2S.C20H15FN6S/c1-15-2-6-20(14-26-15)33-19-7-3-17(4-8-19)29-25-30-22-10-11-34-23(22)24(31-25)28-18-5-9-21-16(12-18)13-27-32-21;1-29-18-6-3-13(9-19(18)30-2)11-23-22-26-17-7-8-31-20(17)21(27-22)25-15-4-5-16-14(10-15)12-24-28-16;21-14-3-1-12(2-4-14)10-22-20-25-17-7-8-28-18(17)19(26-20)24-15-5-6-16-13(9-15)11-23-27-16/h2-14H,1H3,(H,27,32)(H2,28,29,30,31);3-10,12H,11H2,1-2H3,(H,24,28)(H2,23,25,26,27);1-9,11H,10H2,(H,23,27)(H2,22,24,25,26). The minimum atomic E-state index is -0.249. The lowest BCUT2D eigenvalue weighted by Crippen LogP contribution is -2.06. The summed E-state index contributed by atoms with van der Waals surface area (Å²) in [7, 11) is 3.25. The van der Waals surface area contributed by atoms with Gasteiger partial charge >= 0.3 is 0 Å². The van der Waals surface area contributed by atoms with Crippen LogP contribution in [0.4, 0.5) is 62.4 Å². The van der Waals surface area contributed by atoms with Crippen LogP contribution in [0.2, 0.25) is 0 Å². The van der Waals surface area contributed by atoms with Gasteiger partial charge in [-0.15, -0.1) is 34.0 Å². The first kappa shape index (κ1) is 58.8. The number of thiophene rings is 3. The van der Waals surface area contributed by atoms with Crippen LogP contribution in [0.1, 0.15) is 16.8 Å². The summed E-state index contributed by atoms with van der Waals surface area (Å²) >= 11 is 4.80. The summed E-state index contributed by atoms with van der Waals surface area (Å²) in [5.41, 5.74) is 12.2. The van der Waals surface area contributed by atoms with Crippen molar-refractivity contribution in [1.82, 2.24) is 65.5 Å². The molecule has 0 aliphatic heterocycles. The van der Waals surface area contributed by atoms with Gasteiger partial charge in [0.1, 0.15) is 17.3 Å². The number of nitrogens with one attached hydrogen (secondary N) is 9. The largest absolute Gasteiger partial charge is 0.493 e. The van der Waals surface area contributed by atoms with Crippen LogP contribution in [-0.4, -0.2) is 79.7 Å². The zero-order valence-corrected chi connectivity index (χ0v) is 52.1. The number of rotatable bonds is 18. The van der Waals surface area contributed by atoms with E-state index < -0.39 is 0 Å². The highest BCUT2D eigenvalue weighted by Gasteiger charge is 2.15. The molecule has 0 fully saturated rings. The van der Waals surface area contributed by atoms with Gasteiger partial charge in [-0.1, -0.05) is 18.2 Å². The van der Waals surface area contributed by atoms with Crippen LogP contribution < -0.4 is 46.1 Å². The Hall–Kier alpha value is -11.9. The maximum Gasteiger partial charge on any atom is 0.229 e. The third-order valence-electron chi connectivity index (χ3n) is 14.5. The van der Waals surface area contributed by atoms with E-state index in [4.69, 9.17) is 24.2 Å². The molecule has 0 amide bonds. The quantitative estimate of drug-likeness (QED) is 0.0386. The molecule has 22 nitrogen and oxygen atoms in total. The Morgan fingerprint density at radius 2 is 0.871 bits per heavy atom. The maximum atomic E-state index is 13.1. The van der Waals surface area contributed by atoms with Crippen molar-refractivity contribution in [3.63, 3.8) is 0 Å². The van der Waals surface area contributed by atoms with Gasteiger partial charge in [0.05, 0.1) is 86.2 Å². The molecule has 0 saturated heterocycles. The van der Waals surface area contributed by atoms with E-state index in [0.29, 0.717) is 48.2 Å². The Kier molecular flexibility index (Phi) is 16.9. The summed E-state index contributed by atoms with van der Waals surface area (Å²) in [4.78, 5) is 32.3. The number of anilines is 10. The van der Waals surface area contributed by atoms with Gasteiger partial charge in [0.15, 0.2) is 29.0 Å². The second-order valence-corrected chi connectivity index (χ2v) is 23.6. The van der Waals surface area contributed by atoms with Crippen LogP contribution in [0, 0.1) is 12.7 Å². The number of hydrogen-bond donors (Lipinski definition) is 9. The molecule has 460 valence electrons. The van der Waals surface area contributed by atoms with Crippen molar-refractivity contribution in [1.29, 1.82) is 0 Å². The monoisotopic (exact) mass is 1290 g/mol. The Bertz CT molecular complexity index is 5250. The second-order valence-electron chi connectivity index (χ2n) is 20.9. The number of fused-ring (bicyclic) bond motifs is 6. The van der Waals surface area contributed by atoms with Crippen molar-refractivity contribution in [2.24, 2.45) is 0 Å². The van der Waals surface area contributed by atoms with Crippen LogP contribution >= 0.6 is 34.0 Å². The Morgan fingerprint density at radius 3 is 1.35 bits per heavy atom. The molecule has 10 aromatic heterocycles. The first-order valence-electron chi connectivity index (χ1n) is 28.9. The molecule has 0 spiro atoms. The number of halogens is 1. The molecule has 0 unspecified atom stereocenters. The predicted octanol–water partition coefficient (Wildman–Crippen LogP) is 16.6. The molecule has 0 aliphatic carbocycles. The van der Waals surface area contributed by atoms with Gasteiger partial charge in [-0.05, 0) is 168 Å². The van der Waals surface area contributed by atoms with Crippen molar-refractivity contribution in [2.45, 2.75) is 20.0 Å². The van der Waals surface area contributed by atoms with Crippen molar-refractivity contribution in [3.8, 4) is 23.0 Å². The zero-order chi connectivity index (χ0) is 63.0. The molecule has 0 bridgehead atoms. The van der Waals surface area contributed by atoms with Gasteiger partial charge in [-0.2, -0.15) is 30.2 Å². The number of hydrogen-bond acceptors (Lipinski definition) is 22. The number of H-pyrrole nitrogens is 3. The lowest BCUT2D eigenvalue weighted by molar-refractivity contribution is 0.354. The smallest absolute Gasteiger partial charge is 0.229 e. The van der Waals surface area contributed by atoms with Crippen molar-refractivity contribution < 1.29 is 18.6 Å². The number of aryl methyl sites for hydroxylation is 1. The van der Waals surface area contributed by atoms with Crippen molar-refractivity contribution in [3.05, 3.63) is 215 Å². The van der Waals surface area contributed by atoms with E-state index in [9.17, 15) is 4.39 Å². The number of methoxy groups -OCH3 is 2. The number of aromatic nitrogens is 13.